The van der Waals surface area contributed by atoms with Crippen molar-refractivity contribution in [1.29, 1.82) is 0 Å². The van der Waals surface area contributed by atoms with Crippen molar-refractivity contribution in [2.75, 3.05) is 6.54 Å². The van der Waals surface area contributed by atoms with E-state index in [1.165, 1.54) is 18.2 Å². The Hall–Kier alpha value is -2.61. The summed E-state index contributed by atoms with van der Waals surface area (Å²) in [5.41, 5.74) is 2.65. The number of rotatable bonds is 5. The molecule has 0 saturated carbocycles. The zero-order valence-electron chi connectivity index (χ0n) is 14.8. The third kappa shape index (κ3) is 4.05. The summed E-state index contributed by atoms with van der Waals surface area (Å²) in [7, 11) is 0. The second-order valence-electron chi connectivity index (χ2n) is 6.08. The summed E-state index contributed by atoms with van der Waals surface area (Å²) in [6.07, 6.45) is -4.57. The molecule has 0 aliphatic carbocycles. The van der Waals surface area contributed by atoms with Gasteiger partial charge in [0.1, 0.15) is 0 Å². The van der Waals surface area contributed by atoms with Crippen molar-refractivity contribution in [3.63, 3.8) is 0 Å². The highest BCUT2D eigenvalue weighted by atomic mass is 32.1. The fourth-order valence-electron chi connectivity index (χ4n) is 3.04. The van der Waals surface area contributed by atoms with E-state index < -0.39 is 17.6 Å². The number of nitrogens with zero attached hydrogens (tertiary/aromatic N) is 2. The Morgan fingerprint density at radius 2 is 1.96 bits per heavy atom. The first kappa shape index (κ1) is 19.2. The van der Waals surface area contributed by atoms with Gasteiger partial charge in [0, 0.05) is 17.8 Å². The van der Waals surface area contributed by atoms with Gasteiger partial charge in [-0.05, 0) is 48.4 Å². The molecule has 2 aromatic heterocycles. The van der Waals surface area contributed by atoms with Crippen LogP contribution in [0.15, 0.2) is 41.1 Å². The van der Waals surface area contributed by atoms with Crippen LogP contribution in [0.5, 0.6) is 0 Å². The molecule has 0 unspecified atom stereocenters. The lowest BCUT2D eigenvalue weighted by atomic mass is 10.1. The number of amides is 1. The van der Waals surface area contributed by atoms with Gasteiger partial charge in [0.2, 0.25) is 0 Å². The van der Waals surface area contributed by atoms with E-state index >= 15 is 0 Å². The molecule has 1 aromatic carbocycles. The summed E-state index contributed by atoms with van der Waals surface area (Å²) in [6.45, 7) is 4.40. The number of benzene rings is 1. The molecule has 142 valence electrons. The van der Waals surface area contributed by atoms with E-state index in [1.54, 1.807) is 16.0 Å². The van der Waals surface area contributed by atoms with Crippen molar-refractivity contribution in [3.05, 3.63) is 63.6 Å². The number of alkyl halides is 3. The quantitative estimate of drug-likeness (QED) is 0.684. The van der Waals surface area contributed by atoms with Crippen LogP contribution < -0.4 is 5.32 Å². The zero-order valence-corrected chi connectivity index (χ0v) is 15.6. The van der Waals surface area contributed by atoms with Gasteiger partial charge in [-0.3, -0.25) is 9.48 Å². The van der Waals surface area contributed by atoms with Gasteiger partial charge in [0.15, 0.2) is 0 Å². The molecular weight excluding hydrogens is 375 g/mol. The molecule has 0 bridgehead atoms. The van der Waals surface area contributed by atoms with Crippen molar-refractivity contribution in [1.82, 2.24) is 15.1 Å². The number of hydrogen-bond acceptors (Lipinski definition) is 3. The number of hydrogen-bond donors (Lipinski definition) is 1. The lowest BCUT2D eigenvalue weighted by molar-refractivity contribution is -0.137. The van der Waals surface area contributed by atoms with E-state index in [-0.39, 0.29) is 12.1 Å². The molecule has 2 heterocycles. The number of nitrogens with one attached hydrogen (secondary N) is 1. The molecule has 3 rings (SSSR count). The average Bonchev–Trinajstić information content (AvgIpc) is 3.22. The Morgan fingerprint density at radius 3 is 2.63 bits per heavy atom. The molecule has 0 atom stereocenters. The van der Waals surface area contributed by atoms with E-state index in [2.05, 4.69) is 10.4 Å². The van der Waals surface area contributed by atoms with Crippen LogP contribution >= 0.6 is 11.3 Å². The Balaban J connectivity index is 1.70. The maximum atomic E-state index is 13.0. The first-order valence-corrected chi connectivity index (χ1v) is 9.24. The molecular formula is C19H18F3N3OS. The van der Waals surface area contributed by atoms with Crippen LogP contribution in [0, 0.1) is 13.8 Å². The monoisotopic (exact) mass is 393 g/mol. The molecule has 0 radical (unpaired) electrons. The molecule has 0 saturated heterocycles. The first-order valence-electron chi connectivity index (χ1n) is 8.30. The topological polar surface area (TPSA) is 46.9 Å². The van der Waals surface area contributed by atoms with Gasteiger partial charge in [-0.25, -0.2) is 0 Å². The maximum Gasteiger partial charge on any atom is 0.417 e. The van der Waals surface area contributed by atoms with Crippen LogP contribution in [0.1, 0.15) is 27.3 Å². The van der Waals surface area contributed by atoms with E-state index in [9.17, 15) is 18.0 Å². The average molecular weight is 393 g/mol. The van der Waals surface area contributed by atoms with Gasteiger partial charge in [-0.15, -0.1) is 0 Å². The molecule has 8 heteroatoms. The first-order chi connectivity index (χ1) is 12.8. The summed E-state index contributed by atoms with van der Waals surface area (Å²) >= 11 is 1.60. The zero-order chi connectivity index (χ0) is 19.6. The van der Waals surface area contributed by atoms with Crippen molar-refractivity contribution >= 4 is 17.2 Å². The molecule has 1 N–H and O–H groups in total. The van der Waals surface area contributed by atoms with E-state index in [4.69, 9.17) is 0 Å². The summed E-state index contributed by atoms with van der Waals surface area (Å²) in [6, 6.07) is 6.78. The van der Waals surface area contributed by atoms with Crippen molar-refractivity contribution in [2.24, 2.45) is 0 Å². The number of thiophene rings is 1. The summed E-state index contributed by atoms with van der Waals surface area (Å²) in [4.78, 5) is 12.2. The molecule has 4 nitrogen and oxygen atoms in total. The van der Waals surface area contributed by atoms with Gasteiger partial charge < -0.3 is 5.32 Å². The smallest absolute Gasteiger partial charge is 0.350 e. The molecule has 3 aromatic rings. The fourth-order valence-corrected chi connectivity index (χ4v) is 3.68. The number of carbonyl (C=O) groups is 1. The Morgan fingerprint density at radius 1 is 1.22 bits per heavy atom. The lowest BCUT2D eigenvalue weighted by Crippen LogP contribution is -2.29. The number of halogens is 3. The molecule has 27 heavy (non-hydrogen) atoms. The van der Waals surface area contributed by atoms with E-state index in [0.29, 0.717) is 6.54 Å². The number of aryl methyl sites for hydroxylation is 1. The van der Waals surface area contributed by atoms with Gasteiger partial charge in [0.25, 0.3) is 5.91 Å². The van der Waals surface area contributed by atoms with Crippen LogP contribution in [0.25, 0.3) is 11.1 Å². The highest BCUT2D eigenvalue weighted by molar-refractivity contribution is 7.08. The Labute approximate surface area is 158 Å². The van der Waals surface area contributed by atoms with Crippen LogP contribution in [0.4, 0.5) is 13.2 Å². The lowest BCUT2D eigenvalue weighted by Gasteiger charge is -2.13. The minimum absolute atomic E-state index is 0.177. The van der Waals surface area contributed by atoms with Crippen LogP contribution in [0.3, 0.4) is 0 Å². The van der Waals surface area contributed by atoms with Gasteiger partial charge in [0.05, 0.1) is 23.4 Å². The van der Waals surface area contributed by atoms with Gasteiger partial charge in [-0.1, -0.05) is 12.1 Å². The number of aromatic nitrogens is 2. The SMILES string of the molecule is Cc1nn(CCNC(=O)c2ccccc2C(F)(F)F)c(C)c1-c1ccsc1. The van der Waals surface area contributed by atoms with Crippen LogP contribution in [-0.2, 0) is 12.7 Å². The summed E-state index contributed by atoms with van der Waals surface area (Å²) in [5, 5.41) is 11.1. The molecule has 0 spiro atoms. The Kier molecular flexibility index (Phi) is 5.36. The standard InChI is InChI=1S/C19H18F3N3OS/c1-12-17(14-7-10-27-11-14)13(2)25(24-12)9-8-23-18(26)15-5-3-4-6-16(15)19(20,21)22/h3-7,10-11H,8-9H2,1-2H3,(H,23,26). The van der Waals surface area contributed by atoms with Gasteiger partial charge >= 0.3 is 6.18 Å². The predicted octanol–water partition coefficient (Wildman–Crippen LogP) is 4.68. The predicted molar refractivity (Wildman–Crippen MR) is 98.8 cm³/mol. The van der Waals surface area contributed by atoms with Gasteiger partial charge in [-0.2, -0.15) is 29.6 Å². The summed E-state index contributed by atoms with van der Waals surface area (Å²) < 4.78 is 40.9. The highest BCUT2D eigenvalue weighted by Crippen LogP contribution is 2.32. The van der Waals surface area contributed by atoms with Crippen molar-refractivity contribution in [2.45, 2.75) is 26.6 Å². The van der Waals surface area contributed by atoms with Crippen LogP contribution in [0.2, 0.25) is 0 Å². The third-order valence-corrected chi connectivity index (χ3v) is 4.96. The van der Waals surface area contributed by atoms with Crippen LogP contribution in [-0.4, -0.2) is 22.2 Å². The maximum absolute atomic E-state index is 13.0. The largest absolute Gasteiger partial charge is 0.417 e. The normalized spacial score (nSPS) is 11.6. The van der Waals surface area contributed by atoms with E-state index in [0.717, 1.165) is 28.6 Å². The molecule has 0 aliphatic rings. The van der Waals surface area contributed by atoms with Crippen molar-refractivity contribution in [3.8, 4) is 11.1 Å². The summed E-state index contributed by atoms with van der Waals surface area (Å²) in [5.74, 6) is -0.748. The van der Waals surface area contributed by atoms with E-state index in [1.807, 2.05) is 30.7 Å². The number of carbonyl (C=O) groups excluding carboxylic acids is 1. The second kappa shape index (κ2) is 7.56. The molecule has 0 aliphatic heterocycles. The minimum atomic E-state index is -4.57. The minimum Gasteiger partial charge on any atom is -0.350 e. The second-order valence-corrected chi connectivity index (χ2v) is 6.86. The molecule has 1 amide bonds. The Bertz CT molecular complexity index is 946. The highest BCUT2D eigenvalue weighted by Gasteiger charge is 2.34. The fraction of sp³-hybridized carbons (Fsp3) is 0.263. The third-order valence-electron chi connectivity index (χ3n) is 4.28. The van der Waals surface area contributed by atoms with Crippen molar-refractivity contribution < 1.29 is 18.0 Å². The molecule has 0 fully saturated rings.